The standard InChI is InChI=1S/C23H29FN6O/c1-4-31-21-11-5-18(6-12-21)22(23-25-26-27-30(23)17(2)3)29-15-13-28(14-16-29)20-9-7-19(24)8-10-20/h5-12,17,22H,4,13-16H2,1-3H3/t22-/m0/s1. The third kappa shape index (κ3) is 4.69. The number of nitrogens with zero attached hydrogens (tertiary/aromatic N) is 6. The van der Waals surface area contributed by atoms with Crippen molar-refractivity contribution in [1.82, 2.24) is 25.1 Å². The van der Waals surface area contributed by atoms with Gasteiger partial charge in [0.1, 0.15) is 11.6 Å². The average Bonchev–Trinajstić information content (AvgIpc) is 3.26. The molecule has 1 atom stereocenters. The molecule has 0 radical (unpaired) electrons. The summed E-state index contributed by atoms with van der Waals surface area (Å²) in [5, 5.41) is 12.6. The number of halogens is 1. The Labute approximate surface area is 182 Å². The molecule has 2 heterocycles. The molecule has 0 amide bonds. The van der Waals surface area contributed by atoms with Crippen LogP contribution in [0.15, 0.2) is 48.5 Å². The largest absolute Gasteiger partial charge is 0.494 e. The first kappa shape index (κ1) is 21.2. The number of hydrogen-bond acceptors (Lipinski definition) is 6. The number of piperazine rings is 1. The molecule has 31 heavy (non-hydrogen) atoms. The normalized spacial score (nSPS) is 16.0. The summed E-state index contributed by atoms with van der Waals surface area (Å²) in [5.74, 6) is 1.49. The highest BCUT2D eigenvalue weighted by Gasteiger charge is 2.31. The maximum atomic E-state index is 13.3. The van der Waals surface area contributed by atoms with Gasteiger partial charge in [-0.15, -0.1) is 5.10 Å². The van der Waals surface area contributed by atoms with Crippen LogP contribution in [0.1, 0.15) is 44.2 Å². The predicted molar refractivity (Wildman–Crippen MR) is 118 cm³/mol. The minimum Gasteiger partial charge on any atom is -0.494 e. The van der Waals surface area contributed by atoms with E-state index in [-0.39, 0.29) is 17.9 Å². The Kier molecular flexibility index (Phi) is 6.46. The maximum absolute atomic E-state index is 13.3. The Morgan fingerprint density at radius 3 is 2.26 bits per heavy atom. The van der Waals surface area contributed by atoms with E-state index in [2.05, 4.69) is 51.3 Å². The molecule has 4 rings (SSSR count). The molecule has 0 aliphatic carbocycles. The van der Waals surface area contributed by atoms with Crippen LogP contribution in [-0.2, 0) is 0 Å². The predicted octanol–water partition coefficient (Wildman–Crippen LogP) is 3.70. The third-order valence-corrected chi connectivity index (χ3v) is 5.63. The van der Waals surface area contributed by atoms with Gasteiger partial charge >= 0.3 is 0 Å². The van der Waals surface area contributed by atoms with E-state index in [1.807, 2.05) is 35.9 Å². The second kappa shape index (κ2) is 9.43. The number of tetrazole rings is 1. The van der Waals surface area contributed by atoms with Crippen molar-refractivity contribution in [2.75, 3.05) is 37.7 Å². The zero-order chi connectivity index (χ0) is 21.8. The van der Waals surface area contributed by atoms with Gasteiger partial charge < -0.3 is 9.64 Å². The van der Waals surface area contributed by atoms with Gasteiger partial charge in [0.05, 0.1) is 18.7 Å². The Morgan fingerprint density at radius 1 is 0.968 bits per heavy atom. The highest BCUT2D eigenvalue weighted by molar-refractivity contribution is 5.46. The minimum absolute atomic E-state index is 0.0524. The van der Waals surface area contributed by atoms with Gasteiger partial charge in [-0.2, -0.15) is 0 Å². The van der Waals surface area contributed by atoms with Crippen LogP contribution < -0.4 is 9.64 Å². The van der Waals surface area contributed by atoms with Crippen molar-refractivity contribution < 1.29 is 9.13 Å². The molecule has 0 unspecified atom stereocenters. The van der Waals surface area contributed by atoms with Gasteiger partial charge in [0.2, 0.25) is 0 Å². The lowest BCUT2D eigenvalue weighted by molar-refractivity contribution is 0.199. The van der Waals surface area contributed by atoms with Crippen molar-refractivity contribution in [1.29, 1.82) is 0 Å². The molecule has 0 N–H and O–H groups in total. The molecule has 0 saturated carbocycles. The molecule has 2 aromatic carbocycles. The molecule has 1 fully saturated rings. The molecule has 0 bridgehead atoms. The van der Waals surface area contributed by atoms with Crippen LogP contribution in [0.25, 0.3) is 0 Å². The van der Waals surface area contributed by atoms with Gasteiger partial charge in [0, 0.05) is 31.9 Å². The zero-order valence-corrected chi connectivity index (χ0v) is 18.3. The first-order valence-corrected chi connectivity index (χ1v) is 10.8. The quantitative estimate of drug-likeness (QED) is 0.576. The SMILES string of the molecule is CCOc1ccc([C@@H](c2nnnn2C(C)C)N2CCN(c3ccc(F)cc3)CC2)cc1. The monoisotopic (exact) mass is 424 g/mol. The van der Waals surface area contributed by atoms with Crippen molar-refractivity contribution in [3.05, 3.63) is 65.7 Å². The Bertz CT molecular complexity index is 964. The smallest absolute Gasteiger partial charge is 0.173 e. The Morgan fingerprint density at radius 2 is 1.65 bits per heavy atom. The summed E-state index contributed by atoms with van der Waals surface area (Å²) in [5.41, 5.74) is 2.18. The fourth-order valence-corrected chi connectivity index (χ4v) is 4.07. The molecule has 1 aliphatic rings. The average molecular weight is 425 g/mol. The van der Waals surface area contributed by atoms with E-state index in [1.165, 1.54) is 12.1 Å². The van der Waals surface area contributed by atoms with Crippen molar-refractivity contribution in [2.45, 2.75) is 32.9 Å². The first-order chi connectivity index (χ1) is 15.1. The first-order valence-electron chi connectivity index (χ1n) is 10.8. The van der Waals surface area contributed by atoms with Gasteiger partial charge in [-0.25, -0.2) is 9.07 Å². The van der Waals surface area contributed by atoms with E-state index < -0.39 is 0 Å². The summed E-state index contributed by atoms with van der Waals surface area (Å²) in [6, 6.07) is 15.0. The van der Waals surface area contributed by atoms with Gasteiger partial charge in [-0.1, -0.05) is 12.1 Å². The van der Waals surface area contributed by atoms with Crippen LogP contribution in [0.4, 0.5) is 10.1 Å². The molecule has 7 nitrogen and oxygen atoms in total. The molecule has 3 aromatic rings. The van der Waals surface area contributed by atoms with E-state index in [0.717, 1.165) is 49.0 Å². The molecule has 0 spiro atoms. The topological polar surface area (TPSA) is 59.3 Å². The van der Waals surface area contributed by atoms with Crippen molar-refractivity contribution >= 4 is 5.69 Å². The summed E-state index contributed by atoms with van der Waals surface area (Å²) >= 11 is 0. The lowest BCUT2D eigenvalue weighted by Crippen LogP contribution is -2.48. The van der Waals surface area contributed by atoms with Crippen molar-refractivity contribution in [3.63, 3.8) is 0 Å². The lowest BCUT2D eigenvalue weighted by Gasteiger charge is -2.40. The van der Waals surface area contributed by atoms with Crippen molar-refractivity contribution in [2.24, 2.45) is 0 Å². The number of aromatic nitrogens is 4. The molecule has 1 saturated heterocycles. The Hall–Kier alpha value is -3.00. The molecule has 1 aromatic heterocycles. The van der Waals surface area contributed by atoms with Crippen LogP contribution in [0.2, 0.25) is 0 Å². The fraction of sp³-hybridized carbons (Fsp3) is 0.435. The zero-order valence-electron chi connectivity index (χ0n) is 18.3. The lowest BCUT2D eigenvalue weighted by atomic mass is 10.0. The van der Waals surface area contributed by atoms with E-state index in [1.54, 1.807) is 0 Å². The number of benzene rings is 2. The van der Waals surface area contributed by atoms with Gasteiger partial charge in [-0.05, 0) is 73.2 Å². The second-order valence-electron chi connectivity index (χ2n) is 7.98. The maximum Gasteiger partial charge on any atom is 0.173 e. The van der Waals surface area contributed by atoms with Crippen LogP contribution in [0, 0.1) is 5.82 Å². The third-order valence-electron chi connectivity index (χ3n) is 5.63. The van der Waals surface area contributed by atoms with E-state index >= 15 is 0 Å². The van der Waals surface area contributed by atoms with Crippen LogP contribution in [-0.4, -0.2) is 57.9 Å². The molecular weight excluding hydrogens is 395 g/mol. The van der Waals surface area contributed by atoms with Gasteiger partial charge in [0.25, 0.3) is 0 Å². The van der Waals surface area contributed by atoms with Crippen LogP contribution in [0.3, 0.4) is 0 Å². The van der Waals surface area contributed by atoms with E-state index in [0.29, 0.717) is 6.61 Å². The van der Waals surface area contributed by atoms with Crippen LogP contribution >= 0.6 is 0 Å². The summed E-state index contributed by atoms with van der Waals surface area (Å²) in [6.07, 6.45) is 0. The Balaban J connectivity index is 1.59. The molecule has 164 valence electrons. The van der Waals surface area contributed by atoms with Gasteiger partial charge in [0.15, 0.2) is 5.82 Å². The number of rotatable bonds is 7. The number of hydrogen-bond donors (Lipinski definition) is 0. The minimum atomic E-state index is -0.210. The summed E-state index contributed by atoms with van der Waals surface area (Å²) in [4.78, 5) is 4.71. The van der Waals surface area contributed by atoms with Crippen LogP contribution in [0.5, 0.6) is 5.75 Å². The molecule has 1 aliphatic heterocycles. The summed E-state index contributed by atoms with van der Waals surface area (Å²) < 4.78 is 20.8. The van der Waals surface area contributed by atoms with Crippen molar-refractivity contribution in [3.8, 4) is 5.75 Å². The van der Waals surface area contributed by atoms with E-state index in [9.17, 15) is 4.39 Å². The van der Waals surface area contributed by atoms with Gasteiger partial charge in [-0.3, -0.25) is 4.90 Å². The second-order valence-corrected chi connectivity index (χ2v) is 7.98. The highest BCUT2D eigenvalue weighted by Crippen LogP contribution is 2.31. The fourth-order valence-electron chi connectivity index (χ4n) is 4.07. The van der Waals surface area contributed by atoms with E-state index in [4.69, 9.17) is 4.74 Å². The number of anilines is 1. The number of ether oxygens (including phenoxy) is 1. The molecule has 8 heteroatoms. The summed E-state index contributed by atoms with van der Waals surface area (Å²) in [7, 11) is 0. The summed E-state index contributed by atoms with van der Waals surface area (Å²) in [6.45, 7) is 10.2. The highest BCUT2D eigenvalue weighted by atomic mass is 19.1. The molecular formula is C23H29FN6O.